The zero-order chi connectivity index (χ0) is 18.6. The van der Waals surface area contributed by atoms with Crippen LogP contribution in [0.3, 0.4) is 0 Å². The summed E-state index contributed by atoms with van der Waals surface area (Å²) in [6.45, 7) is 2.14. The minimum Gasteiger partial charge on any atom is -0.488 e. The number of guanidine groups is 1. The van der Waals surface area contributed by atoms with Gasteiger partial charge in [-0.3, -0.25) is 4.99 Å². The first-order valence-corrected chi connectivity index (χ1v) is 9.30. The Morgan fingerprint density at radius 2 is 2.18 bits per heavy atom. The maximum Gasteiger partial charge on any atom is 0.191 e. The Morgan fingerprint density at radius 1 is 1.32 bits per heavy atom. The number of para-hydroxylation sites is 1. The molecule has 1 aromatic heterocycles. The summed E-state index contributed by atoms with van der Waals surface area (Å²) in [6, 6.07) is 11.4. The van der Waals surface area contributed by atoms with Gasteiger partial charge in [-0.2, -0.15) is 0 Å². The van der Waals surface area contributed by atoms with Crippen LogP contribution in [0.15, 0.2) is 47.6 Å². The third-order valence-electron chi connectivity index (χ3n) is 5.00. The lowest BCUT2D eigenvalue weighted by Gasteiger charge is -2.20. The van der Waals surface area contributed by atoms with E-state index in [2.05, 4.69) is 26.7 Å². The summed E-state index contributed by atoms with van der Waals surface area (Å²) in [6.07, 6.45) is 3.53. The van der Waals surface area contributed by atoms with Gasteiger partial charge in [-0.05, 0) is 30.2 Å². The van der Waals surface area contributed by atoms with Crippen molar-refractivity contribution in [1.82, 2.24) is 15.6 Å². The smallest absolute Gasteiger partial charge is 0.191 e. The van der Waals surface area contributed by atoms with Gasteiger partial charge in [0.1, 0.15) is 11.9 Å². The van der Waals surface area contributed by atoms with Crippen molar-refractivity contribution in [2.45, 2.75) is 25.0 Å². The first-order valence-electron chi connectivity index (χ1n) is 9.30. The van der Waals surface area contributed by atoms with E-state index in [1.165, 1.54) is 11.6 Å². The first kappa shape index (κ1) is 20.6. The highest BCUT2D eigenvalue weighted by molar-refractivity contribution is 14.0. The molecule has 1 aromatic carbocycles. The molecule has 6 nitrogen and oxygen atoms in total. The first-order chi connectivity index (χ1) is 13.2. The standard InChI is InChI=1S/C20H24FN5O.HI/c1-22-20(24-12-16-11-14-5-2-3-7-18(14)27-16)25-15-8-10-26(13-15)19-17(21)6-4-9-23-19;/h2-7,9,15-16H,8,10-13H2,1H3,(H2,22,24,25);1H. The summed E-state index contributed by atoms with van der Waals surface area (Å²) >= 11 is 0. The van der Waals surface area contributed by atoms with Gasteiger partial charge in [0.25, 0.3) is 0 Å². The van der Waals surface area contributed by atoms with Crippen molar-refractivity contribution in [3.63, 3.8) is 0 Å². The summed E-state index contributed by atoms with van der Waals surface area (Å²) in [5.41, 5.74) is 1.25. The number of nitrogens with zero attached hydrogens (tertiary/aromatic N) is 3. The molecule has 2 unspecified atom stereocenters. The van der Waals surface area contributed by atoms with Gasteiger partial charge in [0.05, 0.1) is 6.54 Å². The zero-order valence-electron chi connectivity index (χ0n) is 15.8. The van der Waals surface area contributed by atoms with Crippen LogP contribution in [0.4, 0.5) is 10.2 Å². The van der Waals surface area contributed by atoms with E-state index in [1.54, 1.807) is 19.3 Å². The Bertz CT molecular complexity index is 809. The van der Waals surface area contributed by atoms with Crippen molar-refractivity contribution in [1.29, 1.82) is 0 Å². The Kier molecular flexibility index (Phi) is 6.93. The van der Waals surface area contributed by atoms with Crippen molar-refractivity contribution >= 4 is 35.8 Å². The molecule has 3 heterocycles. The van der Waals surface area contributed by atoms with E-state index in [-0.39, 0.29) is 41.9 Å². The van der Waals surface area contributed by atoms with Gasteiger partial charge in [-0.1, -0.05) is 18.2 Å². The summed E-state index contributed by atoms with van der Waals surface area (Å²) in [4.78, 5) is 10.4. The number of fused-ring (bicyclic) bond motifs is 1. The average molecular weight is 497 g/mol. The van der Waals surface area contributed by atoms with Crippen molar-refractivity contribution in [3.8, 4) is 5.75 Å². The number of aromatic nitrogens is 1. The van der Waals surface area contributed by atoms with Crippen LogP contribution >= 0.6 is 24.0 Å². The molecule has 2 N–H and O–H groups in total. The monoisotopic (exact) mass is 497 g/mol. The van der Waals surface area contributed by atoms with E-state index in [4.69, 9.17) is 4.74 Å². The van der Waals surface area contributed by atoms with E-state index in [0.717, 1.165) is 31.1 Å². The summed E-state index contributed by atoms with van der Waals surface area (Å²) in [5.74, 6) is 1.85. The highest BCUT2D eigenvalue weighted by Crippen LogP contribution is 2.27. The number of ether oxygens (including phenoxy) is 1. The number of rotatable bonds is 4. The molecule has 0 aliphatic carbocycles. The van der Waals surface area contributed by atoms with Crippen LogP contribution in [0, 0.1) is 5.82 Å². The van der Waals surface area contributed by atoms with Gasteiger partial charge in [-0.15, -0.1) is 24.0 Å². The van der Waals surface area contributed by atoms with E-state index in [1.807, 2.05) is 23.1 Å². The number of aliphatic imine (C=N–C) groups is 1. The molecule has 0 spiro atoms. The molecule has 28 heavy (non-hydrogen) atoms. The fraction of sp³-hybridized carbons (Fsp3) is 0.400. The van der Waals surface area contributed by atoms with Crippen LogP contribution in [0.25, 0.3) is 0 Å². The molecule has 0 bridgehead atoms. The topological polar surface area (TPSA) is 61.8 Å². The molecule has 0 amide bonds. The number of halogens is 2. The fourth-order valence-electron chi connectivity index (χ4n) is 3.65. The molecule has 2 aliphatic heterocycles. The lowest BCUT2D eigenvalue weighted by Crippen LogP contribution is -2.47. The van der Waals surface area contributed by atoms with E-state index >= 15 is 0 Å². The third kappa shape index (κ3) is 4.65. The Hall–Kier alpha value is -2.10. The molecule has 0 saturated carbocycles. The molecule has 0 radical (unpaired) electrons. The molecule has 1 fully saturated rings. The van der Waals surface area contributed by atoms with E-state index in [9.17, 15) is 4.39 Å². The average Bonchev–Trinajstić information content (AvgIpc) is 3.32. The molecule has 2 atom stereocenters. The lowest BCUT2D eigenvalue weighted by molar-refractivity contribution is 0.234. The molecular formula is C20H25FIN5O. The molecular weight excluding hydrogens is 472 g/mol. The summed E-state index contributed by atoms with van der Waals surface area (Å²) in [5, 5.41) is 6.77. The quantitative estimate of drug-likeness (QED) is 0.387. The maximum absolute atomic E-state index is 13.9. The van der Waals surface area contributed by atoms with Crippen LogP contribution in [0.5, 0.6) is 5.75 Å². The number of pyridine rings is 1. The van der Waals surface area contributed by atoms with Crippen LogP contribution < -0.4 is 20.3 Å². The number of hydrogen-bond acceptors (Lipinski definition) is 4. The van der Waals surface area contributed by atoms with Crippen molar-refractivity contribution in [3.05, 3.63) is 54.0 Å². The zero-order valence-corrected chi connectivity index (χ0v) is 18.1. The number of hydrogen-bond donors (Lipinski definition) is 2. The van der Waals surface area contributed by atoms with E-state index in [0.29, 0.717) is 18.9 Å². The van der Waals surface area contributed by atoms with Crippen molar-refractivity contribution < 1.29 is 9.13 Å². The molecule has 8 heteroatoms. The minimum atomic E-state index is -0.279. The fourth-order valence-corrected chi connectivity index (χ4v) is 3.65. The highest BCUT2D eigenvalue weighted by atomic mass is 127. The lowest BCUT2D eigenvalue weighted by atomic mass is 10.1. The van der Waals surface area contributed by atoms with Crippen molar-refractivity contribution in [2.24, 2.45) is 4.99 Å². The second kappa shape index (κ2) is 9.40. The summed E-state index contributed by atoms with van der Waals surface area (Å²) < 4.78 is 19.9. The maximum atomic E-state index is 13.9. The van der Waals surface area contributed by atoms with Gasteiger partial charge in [-0.25, -0.2) is 9.37 Å². The van der Waals surface area contributed by atoms with Crippen LogP contribution in [-0.4, -0.2) is 49.8 Å². The second-order valence-electron chi connectivity index (χ2n) is 6.89. The number of anilines is 1. The molecule has 150 valence electrons. The molecule has 1 saturated heterocycles. The predicted octanol–water partition coefficient (Wildman–Crippen LogP) is 2.59. The SMILES string of the molecule is CN=C(NCC1Cc2ccccc2O1)NC1CCN(c2ncccc2F)C1.I. The highest BCUT2D eigenvalue weighted by Gasteiger charge is 2.27. The Morgan fingerprint density at radius 3 is 2.96 bits per heavy atom. The van der Waals surface area contributed by atoms with Crippen LogP contribution in [-0.2, 0) is 6.42 Å². The Labute approximate surface area is 181 Å². The molecule has 4 rings (SSSR count). The van der Waals surface area contributed by atoms with Gasteiger partial charge < -0.3 is 20.3 Å². The molecule has 2 aromatic rings. The van der Waals surface area contributed by atoms with Gasteiger partial charge in [0.2, 0.25) is 0 Å². The summed E-state index contributed by atoms with van der Waals surface area (Å²) in [7, 11) is 1.75. The van der Waals surface area contributed by atoms with Gasteiger partial charge in [0.15, 0.2) is 17.6 Å². The second-order valence-corrected chi connectivity index (χ2v) is 6.89. The normalized spacial score (nSPS) is 20.9. The van der Waals surface area contributed by atoms with Crippen LogP contribution in [0.2, 0.25) is 0 Å². The van der Waals surface area contributed by atoms with Gasteiger partial charge in [0, 0.05) is 38.8 Å². The minimum absolute atomic E-state index is 0. The number of benzene rings is 1. The molecule has 2 aliphatic rings. The van der Waals surface area contributed by atoms with Gasteiger partial charge >= 0.3 is 0 Å². The van der Waals surface area contributed by atoms with Crippen LogP contribution in [0.1, 0.15) is 12.0 Å². The number of nitrogens with one attached hydrogen (secondary N) is 2. The van der Waals surface area contributed by atoms with E-state index < -0.39 is 0 Å². The van der Waals surface area contributed by atoms with Crippen molar-refractivity contribution in [2.75, 3.05) is 31.6 Å². The largest absolute Gasteiger partial charge is 0.488 e. The predicted molar refractivity (Wildman–Crippen MR) is 119 cm³/mol. The third-order valence-corrected chi connectivity index (χ3v) is 5.00. The Balaban J connectivity index is 0.00000225.